The summed E-state index contributed by atoms with van der Waals surface area (Å²) in [5.41, 5.74) is 1.51. The predicted molar refractivity (Wildman–Crippen MR) is 110 cm³/mol. The zero-order chi connectivity index (χ0) is 19.5. The van der Waals surface area contributed by atoms with Crippen LogP contribution in [0.2, 0.25) is 0 Å². The number of rotatable bonds is 7. The number of methoxy groups -OCH3 is 2. The molecule has 0 saturated heterocycles. The van der Waals surface area contributed by atoms with Crippen LogP contribution in [0.25, 0.3) is 15.7 Å². The van der Waals surface area contributed by atoms with Crippen LogP contribution in [0.1, 0.15) is 16.1 Å². The van der Waals surface area contributed by atoms with Gasteiger partial charge in [-0.2, -0.15) is 4.98 Å². The Morgan fingerprint density at radius 2 is 1.96 bits per heavy atom. The molecule has 1 N–H and O–H groups in total. The molecular formula is C19H18N4O3S2. The van der Waals surface area contributed by atoms with E-state index >= 15 is 0 Å². The van der Waals surface area contributed by atoms with Gasteiger partial charge in [-0.05, 0) is 23.6 Å². The molecule has 0 atom stereocenters. The summed E-state index contributed by atoms with van der Waals surface area (Å²) in [6.45, 7) is 0.485. The molecule has 0 bridgehead atoms. The van der Waals surface area contributed by atoms with Crippen molar-refractivity contribution in [1.29, 1.82) is 0 Å². The molecule has 4 rings (SSSR count). The van der Waals surface area contributed by atoms with E-state index in [0.29, 0.717) is 30.0 Å². The monoisotopic (exact) mass is 414 g/mol. The van der Waals surface area contributed by atoms with Gasteiger partial charge in [-0.15, -0.1) is 27.8 Å². The van der Waals surface area contributed by atoms with Gasteiger partial charge in [0.15, 0.2) is 5.82 Å². The van der Waals surface area contributed by atoms with Crippen LogP contribution in [0.3, 0.4) is 0 Å². The van der Waals surface area contributed by atoms with E-state index in [1.54, 1.807) is 55.1 Å². The molecule has 7 nitrogen and oxygen atoms in total. The number of carbonyl (C=O) groups excluding carboxylic acids is 1. The summed E-state index contributed by atoms with van der Waals surface area (Å²) in [5, 5.41) is 11.6. The van der Waals surface area contributed by atoms with Crippen molar-refractivity contribution in [3.05, 3.63) is 52.3 Å². The van der Waals surface area contributed by atoms with Gasteiger partial charge in [0.1, 0.15) is 11.5 Å². The van der Waals surface area contributed by atoms with E-state index < -0.39 is 0 Å². The lowest BCUT2D eigenvalue weighted by atomic mass is 10.2. The van der Waals surface area contributed by atoms with Gasteiger partial charge in [0, 0.05) is 30.0 Å². The fraction of sp³-hybridized carbons (Fsp3) is 0.211. The number of hydrogen-bond donors (Lipinski definition) is 1. The highest BCUT2D eigenvalue weighted by Gasteiger charge is 2.13. The summed E-state index contributed by atoms with van der Waals surface area (Å²) in [6.07, 6.45) is 0.653. The number of benzene rings is 1. The molecule has 0 saturated carbocycles. The predicted octanol–water partition coefficient (Wildman–Crippen LogP) is 3.51. The number of amides is 1. The highest BCUT2D eigenvalue weighted by Crippen LogP contribution is 2.25. The zero-order valence-corrected chi connectivity index (χ0v) is 17.0. The van der Waals surface area contributed by atoms with Crippen molar-refractivity contribution >= 4 is 33.5 Å². The minimum absolute atomic E-state index is 0.179. The molecule has 4 aromatic rings. The summed E-state index contributed by atoms with van der Waals surface area (Å²) in [7, 11) is 3.11. The first-order valence-corrected chi connectivity index (χ1v) is 10.3. The fourth-order valence-corrected chi connectivity index (χ4v) is 4.26. The molecule has 1 amide bonds. The molecule has 3 aromatic heterocycles. The van der Waals surface area contributed by atoms with Crippen LogP contribution in [-0.2, 0) is 6.42 Å². The van der Waals surface area contributed by atoms with Gasteiger partial charge in [-0.3, -0.25) is 4.79 Å². The van der Waals surface area contributed by atoms with E-state index in [1.165, 1.54) is 0 Å². The number of ether oxygens (including phenoxy) is 2. The Kier molecular flexibility index (Phi) is 5.27. The number of thiophene rings is 1. The van der Waals surface area contributed by atoms with Crippen molar-refractivity contribution in [2.75, 3.05) is 20.8 Å². The second kappa shape index (κ2) is 7.99. The Hall–Kier alpha value is -2.91. The molecule has 0 fully saturated rings. The van der Waals surface area contributed by atoms with Crippen molar-refractivity contribution in [3.8, 4) is 22.2 Å². The summed E-state index contributed by atoms with van der Waals surface area (Å²) in [4.78, 5) is 18.9. The lowest BCUT2D eigenvalue weighted by molar-refractivity contribution is 0.0953. The van der Waals surface area contributed by atoms with E-state index in [9.17, 15) is 4.79 Å². The van der Waals surface area contributed by atoms with Crippen molar-refractivity contribution in [3.63, 3.8) is 0 Å². The van der Waals surface area contributed by atoms with Gasteiger partial charge >= 0.3 is 0 Å². The maximum atomic E-state index is 12.5. The standard InChI is InChI=1S/C19H18N4O3S2/c1-25-14-8-12(9-15(10-14)26-2)18(24)20-6-5-13-11-28-19-21-17(22-23(13)19)16-4-3-7-27-16/h3-4,7-11H,5-6H2,1-2H3,(H,20,24). The maximum Gasteiger partial charge on any atom is 0.251 e. The van der Waals surface area contributed by atoms with Crippen LogP contribution in [0.4, 0.5) is 0 Å². The second-order valence-electron chi connectivity index (χ2n) is 5.94. The van der Waals surface area contributed by atoms with E-state index in [4.69, 9.17) is 9.47 Å². The third-order valence-electron chi connectivity index (χ3n) is 4.17. The first-order chi connectivity index (χ1) is 13.7. The van der Waals surface area contributed by atoms with Gasteiger partial charge in [-0.25, -0.2) is 4.52 Å². The minimum Gasteiger partial charge on any atom is -0.497 e. The molecular weight excluding hydrogens is 396 g/mol. The van der Waals surface area contributed by atoms with Crippen LogP contribution in [0, 0.1) is 0 Å². The first kappa shape index (κ1) is 18.5. The van der Waals surface area contributed by atoms with Gasteiger partial charge in [0.25, 0.3) is 5.91 Å². The number of aromatic nitrogens is 3. The molecule has 0 aliphatic carbocycles. The van der Waals surface area contributed by atoms with Gasteiger partial charge in [0.05, 0.1) is 24.8 Å². The molecule has 1 aromatic carbocycles. The SMILES string of the molecule is COc1cc(OC)cc(C(=O)NCCc2csc3nc(-c4cccs4)nn23)c1. The van der Waals surface area contributed by atoms with Gasteiger partial charge < -0.3 is 14.8 Å². The van der Waals surface area contributed by atoms with Crippen molar-refractivity contribution in [2.24, 2.45) is 0 Å². The second-order valence-corrected chi connectivity index (χ2v) is 7.73. The van der Waals surface area contributed by atoms with Crippen molar-refractivity contribution in [2.45, 2.75) is 6.42 Å². The van der Waals surface area contributed by atoms with Gasteiger partial charge in [-0.1, -0.05) is 6.07 Å². The smallest absolute Gasteiger partial charge is 0.251 e. The Morgan fingerprint density at radius 3 is 2.64 bits per heavy atom. The summed E-state index contributed by atoms with van der Waals surface area (Å²) in [6, 6.07) is 9.09. The Bertz CT molecular complexity index is 1080. The number of thiazole rings is 1. The number of fused-ring (bicyclic) bond motifs is 1. The van der Waals surface area contributed by atoms with E-state index in [1.807, 2.05) is 27.4 Å². The largest absolute Gasteiger partial charge is 0.497 e. The molecule has 0 radical (unpaired) electrons. The normalized spacial score (nSPS) is 10.9. The molecule has 144 valence electrons. The van der Waals surface area contributed by atoms with Gasteiger partial charge in [0.2, 0.25) is 4.96 Å². The molecule has 3 heterocycles. The molecule has 0 aliphatic heterocycles. The number of nitrogens with one attached hydrogen (secondary N) is 1. The molecule has 0 spiro atoms. The average molecular weight is 415 g/mol. The lowest BCUT2D eigenvalue weighted by Crippen LogP contribution is -2.26. The summed E-state index contributed by atoms with van der Waals surface area (Å²) >= 11 is 3.16. The quantitative estimate of drug-likeness (QED) is 0.501. The Labute approximate surface area is 169 Å². The molecule has 0 aliphatic rings. The van der Waals surface area contributed by atoms with Crippen LogP contribution in [0.5, 0.6) is 11.5 Å². The van der Waals surface area contributed by atoms with Crippen LogP contribution in [0.15, 0.2) is 41.1 Å². The first-order valence-electron chi connectivity index (χ1n) is 8.56. The minimum atomic E-state index is -0.179. The molecule has 28 heavy (non-hydrogen) atoms. The highest BCUT2D eigenvalue weighted by molar-refractivity contribution is 7.15. The number of hydrogen-bond acceptors (Lipinski definition) is 7. The average Bonchev–Trinajstić information content (AvgIpc) is 3.45. The van der Waals surface area contributed by atoms with Crippen molar-refractivity contribution in [1.82, 2.24) is 19.9 Å². The van der Waals surface area contributed by atoms with E-state index in [0.717, 1.165) is 21.4 Å². The van der Waals surface area contributed by atoms with Crippen LogP contribution < -0.4 is 14.8 Å². The fourth-order valence-electron chi connectivity index (χ4n) is 2.75. The summed E-state index contributed by atoms with van der Waals surface area (Å²) < 4.78 is 12.3. The zero-order valence-electron chi connectivity index (χ0n) is 15.3. The Morgan fingerprint density at radius 1 is 1.18 bits per heavy atom. The highest BCUT2D eigenvalue weighted by atomic mass is 32.1. The number of carbonyl (C=O) groups is 1. The van der Waals surface area contributed by atoms with E-state index in [-0.39, 0.29) is 5.91 Å². The third kappa shape index (κ3) is 3.71. The molecule has 9 heteroatoms. The van der Waals surface area contributed by atoms with E-state index in [2.05, 4.69) is 15.4 Å². The summed E-state index contributed by atoms with van der Waals surface area (Å²) in [5.74, 6) is 1.71. The third-order valence-corrected chi connectivity index (χ3v) is 5.90. The topological polar surface area (TPSA) is 77.8 Å². The maximum absolute atomic E-state index is 12.5. The van der Waals surface area contributed by atoms with Crippen LogP contribution in [-0.4, -0.2) is 41.3 Å². The lowest BCUT2D eigenvalue weighted by Gasteiger charge is -2.09. The molecule has 0 unspecified atom stereocenters. The number of nitrogens with zero attached hydrogens (tertiary/aromatic N) is 3. The van der Waals surface area contributed by atoms with Crippen LogP contribution >= 0.6 is 22.7 Å². The Balaban J connectivity index is 1.43. The van der Waals surface area contributed by atoms with Crippen molar-refractivity contribution < 1.29 is 14.3 Å².